The molecule has 0 saturated carbocycles. The van der Waals surface area contributed by atoms with Crippen LogP contribution in [0.2, 0.25) is 0 Å². The van der Waals surface area contributed by atoms with Crippen molar-refractivity contribution >= 4 is 17.1 Å². The topological polar surface area (TPSA) is 26.3 Å². The van der Waals surface area contributed by atoms with E-state index in [9.17, 15) is 4.79 Å². The molecule has 57 valence electrons. The first-order valence-corrected chi connectivity index (χ1v) is 3.83. The second-order valence-electron chi connectivity index (χ2n) is 1.81. The fraction of sp³-hybridized carbons (Fsp3) is 0. The van der Waals surface area contributed by atoms with E-state index in [1.807, 2.05) is 30.3 Å². The maximum atomic E-state index is 10.7. The predicted octanol–water partition coefficient (Wildman–Crippen LogP) is 2.71. The molecule has 1 aromatic rings. The first kappa shape index (κ1) is 8.14. The number of thioether (sulfide) groups is 1. The summed E-state index contributed by atoms with van der Waals surface area (Å²) in [5.74, 6) is 0. The lowest BCUT2D eigenvalue weighted by Crippen LogP contribution is -1.87. The second-order valence-corrected chi connectivity index (χ2v) is 2.82. The lowest BCUT2D eigenvalue weighted by molar-refractivity contribution is 0.212. The molecule has 0 fully saturated rings. The maximum Gasteiger partial charge on any atom is 0.372 e. The molecule has 0 aromatic heterocycles. The van der Waals surface area contributed by atoms with Crippen molar-refractivity contribution < 1.29 is 9.53 Å². The first-order valence-electron chi connectivity index (χ1n) is 3.02. The van der Waals surface area contributed by atoms with E-state index in [1.165, 1.54) is 0 Å². The van der Waals surface area contributed by atoms with Crippen molar-refractivity contribution in [2.24, 2.45) is 0 Å². The summed E-state index contributed by atoms with van der Waals surface area (Å²) in [7, 11) is 3.01. The highest BCUT2D eigenvalue weighted by atomic mass is 32.2. The Kier molecular flexibility index (Phi) is 2.98. The van der Waals surface area contributed by atoms with Crippen LogP contribution in [0.5, 0.6) is 0 Å². The molecule has 1 rings (SSSR count). The Labute approximate surface area is 69.6 Å². The van der Waals surface area contributed by atoms with E-state index in [4.69, 9.17) is 0 Å². The zero-order chi connectivity index (χ0) is 8.10. The van der Waals surface area contributed by atoms with Crippen LogP contribution in [0, 0.1) is 7.11 Å². The third kappa shape index (κ3) is 2.63. The van der Waals surface area contributed by atoms with Crippen molar-refractivity contribution in [2.45, 2.75) is 4.90 Å². The molecule has 0 aliphatic rings. The molecule has 0 bridgehead atoms. The number of carbonyl (C=O) groups is 1. The summed E-state index contributed by atoms with van der Waals surface area (Å²) in [4.78, 5) is 11.5. The van der Waals surface area contributed by atoms with Crippen LogP contribution in [0.3, 0.4) is 0 Å². The van der Waals surface area contributed by atoms with Gasteiger partial charge >= 0.3 is 5.30 Å². The average molecular weight is 167 g/mol. The molecule has 1 radical (unpaired) electrons. The van der Waals surface area contributed by atoms with Gasteiger partial charge in [0.05, 0.1) is 0 Å². The summed E-state index contributed by atoms with van der Waals surface area (Å²) in [6.45, 7) is 0. The number of hydrogen-bond acceptors (Lipinski definition) is 3. The van der Waals surface area contributed by atoms with Gasteiger partial charge < -0.3 is 4.74 Å². The molecule has 2 nitrogen and oxygen atoms in total. The summed E-state index contributed by atoms with van der Waals surface area (Å²) in [6, 6.07) is 9.28. The van der Waals surface area contributed by atoms with Crippen molar-refractivity contribution in [3.8, 4) is 0 Å². The standard InChI is InChI=1S/C8H7O2S/c1-10-8(9)11-7-5-3-2-4-6-7/h2-6H,1H2. The highest BCUT2D eigenvalue weighted by Gasteiger charge is 2.01. The van der Waals surface area contributed by atoms with E-state index in [0.29, 0.717) is 0 Å². The molecule has 0 aliphatic carbocycles. The van der Waals surface area contributed by atoms with Crippen LogP contribution in [-0.4, -0.2) is 5.30 Å². The van der Waals surface area contributed by atoms with Crippen LogP contribution in [-0.2, 0) is 4.74 Å². The molecule has 11 heavy (non-hydrogen) atoms. The Morgan fingerprint density at radius 3 is 2.55 bits per heavy atom. The lowest BCUT2D eigenvalue weighted by Gasteiger charge is -1.96. The Morgan fingerprint density at radius 2 is 2.00 bits per heavy atom. The zero-order valence-corrected chi connectivity index (χ0v) is 6.64. The molecule has 3 heteroatoms. The Morgan fingerprint density at radius 1 is 1.36 bits per heavy atom. The summed E-state index contributed by atoms with van der Waals surface area (Å²) >= 11 is 1.02. The Hall–Kier alpha value is -0.960. The van der Waals surface area contributed by atoms with E-state index in [0.717, 1.165) is 16.7 Å². The minimum Gasteiger partial charge on any atom is -0.454 e. The van der Waals surface area contributed by atoms with E-state index >= 15 is 0 Å². The van der Waals surface area contributed by atoms with Crippen LogP contribution >= 0.6 is 11.8 Å². The fourth-order valence-corrected chi connectivity index (χ4v) is 1.16. The molecular formula is C8H7O2S. The zero-order valence-electron chi connectivity index (χ0n) is 5.82. The molecule has 0 N–H and O–H groups in total. The van der Waals surface area contributed by atoms with Crippen LogP contribution in [0.1, 0.15) is 0 Å². The second kappa shape index (κ2) is 4.03. The molecule has 0 amide bonds. The van der Waals surface area contributed by atoms with Crippen LogP contribution < -0.4 is 0 Å². The minimum atomic E-state index is -0.392. The molecular weight excluding hydrogens is 160 g/mol. The Balaban J connectivity index is 2.58. The molecule has 0 unspecified atom stereocenters. The molecule has 0 aliphatic heterocycles. The van der Waals surface area contributed by atoms with Gasteiger partial charge in [-0.25, -0.2) is 4.79 Å². The third-order valence-electron chi connectivity index (χ3n) is 1.06. The van der Waals surface area contributed by atoms with Gasteiger partial charge in [0.1, 0.15) is 7.11 Å². The van der Waals surface area contributed by atoms with Crippen LogP contribution in [0.4, 0.5) is 4.79 Å². The van der Waals surface area contributed by atoms with Gasteiger partial charge in [0.25, 0.3) is 0 Å². The molecule has 0 atom stereocenters. The van der Waals surface area contributed by atoms with Gasteiger partial charge in [-0.15, -0.1) is 0 Å². The van der Waals surface area contributed by atoms with Crippen LogP contribution in [0.15, 0.2) is 35.2 Å². The summed E-state index contributed by atoms with van der Waals surface area (Å²) in [5.41, 5.74) is 0. The van der Waals surface area contributed by atoms with E-state index in [-0.39, 0.29) is 0 Å². The molecule has 0 heterocycles. The van der Waals surface area contributed by atoms with E-state index in [2.05, 4.69) is 11.8 Å². The quantitative estimate of drug-likeness (QED) is 0.475. The SMILES string of the molecule is [CH2]OC(=O)Sc1ccccc1. The minimum absolute atomic E-state index is 0.392. The monoisotopic (exact) mass is 167 g/mol. The van der Waals surface area contributed by atoms with Gasteiger partial charge in [-0.05, 0) is 23.9 Å². The van der Waals surface area contributed by atoms with Gasteiger partial charge in [-0.1, -0.05) is 18.2 Å². The van der Waals surface area contributed by atoms with Crippen molar-refractivity contribution in [3.63, 3.8) is 0 Å². The molecule has 0 saturated heterocycles. The number of benzene rings is 1. The maximum absolute atomic E-state index is 10.7. The number of carbonyl (C=O) groups excluding carboxylic acids is 1. The van der Waals surface area contributed by atoms with Gasteiger partial charge in [0.15, 0.2) is 0 Å². The number of rotatable bonds is 1. The smallest absolute Gasteiger partial charge is 0.372 e. The Bertz CT molecular complexity index is 233. The number of hydrogen-bond donors (Lipinski definition) is 0. The third-order valence-corrected chi connectivity index (χ3v) is 1.85. The van der Waals surface area contributed by atoms with Crippen molar-refractivity contribution in [3.05, 3.63) is 37.4 Å². The molecule has 0 spiro atoms. The number of ether oxygens (including phenoxy) is 1. The van der Waals surface area contributed by atoms with E-state index in [1.54, 1.807) is 0 Å². The van der Waals surface area contributed by atoms with Gasteiger partial charge in [-0.2, -0.15) is 0 Å². The predicted molar refractivity (Wildman–Crippen MR) is 44.1 cm³/mol. The van der Waals surface area contributed by atoms with Crippen LogP contribution in [0.25, 0.3) is 0 Å². The summed E-state index contributed by atoms with van der Waals surface area (Å²) in [6.07, 6.45) is 0. The lowest BCUT2D eigenvalue weighted by atomic mass is 10.4. The fourth-order valence-electron chi connectivity index (χ4n) is 0.614. The summed E-state index contributed by atoms with van der Waals surface area (Å²) < 4.78 is 4.23. The highest BCUT2D eigenvalue weighted by Crippen LogP contribution is 2.18. The largest absolute Gasteiger partial charge is 0.454 e. The van der Waals surface area contributed by atoms with Crippen molar-refractivity contribution in [1.82, 2.24) is 0 Å². The first-order chi connectivity index (χ1) is 5.33. The van der Waals surface area contributed by atoms with Gasteiger partial charge in [-0.3, -0.25) is 0 Å². The normalized spacial score (nSPS) is 9.18. The summed E-state index contributed by atoms with van der Waals surface area (Å²) in [5, 5.41) is -0.392. The average Bonchev–Trinajstić information content (AvgIpc) is 2.06. The van der Waals surface area contributed by atoms with Crippen molar-refractivity contribution in [1.29, 1.82) is 0 Å². The van der Waals surface area contributed by atoms with Gasteiger partial charge in [0, 0.05) is 4.90 Å². The van der Waals surface area contributed by atoms with Gasteiger partial charge in [0.2, 0.25) is 0 Å². The van der Waals surface area contributed by atoms with Crippen molar-refractivity contribution in [2.75, 3.05) is 0 Å². The molecule has 1 aromatic carbocycles. The highest BCUT2D eigenvalue weighted by molar-refractivity contribution is 8.13. The van der Waals surface area contributed by atoms with E-state index < -0.39 is 5.30 Å².